The van der Waals surface area contributed by atoms with Gasteiger partial charge in [0.1, 0.15) is 0 Å². The van der Waals surface area contributed by atoms with Crippen LogP contribution in [0.15, 0.2) is 36.9 Å². The Morgan fingerprint density at radius 3 is 2.44 bits per heavy atom. The number of hydrogen-bond acceptors (Lipinski definition) is 2. The molecule has 0 aliphatic carbocycles. The lowest BCUT2D eigenvalue weighted by atomic mass is 9.86. The summed E-state index contributed by atoms with van der Waals surface area (Å²) >= 11 is 0. The first-order valence-electron chi connectivity index (χ1n) is 4.95. The number of amides is 1. The number of anilines is 1. The molecule has 16 heavy (non-hydrogen) atoms. The zero-order valence-electron chi connectivity index (χ0n) is 9.45. The quantitative estimate of drug-likeness (QED) is 0.786. The van der Waals surface area contributed by atoms with Crippen molar-refractivity contribution in [1.29, 1.82) is 5.26 Å². The molecule has 1 amide bonds. The summed E-state index contributed by atoms with van der Waals surface area (Å²) in [5.74, 6) is -0.243. The highest BCUT2D eigenvalue weighted by Gasteiger charge is 2.19. The first-order chi connectivity index (χ1) is 7.49. The molecule has 0 heterocycles. The number of nitrogens with one attached hydrogen (secondary N) is 1. The van der Waals surface area contributed by atoms with Gasteiger partial charge < -0.3 is 5.32 Å². The average Bonchev–Trinajstić information content (AvgIpc) is 2.29. The van der Waals surface area contributed by atoms with Crippen molar-refractivity contribution in [3.8, 4) is 6.07 Å². The van der Waals surface area contributed by atoms with Gasteiger partial charge in [0, 0.05) is 5.69 Å². The van der Waals surface area contributed by atoms with E-state index >= 15 is 0 Å². The summed E-state index contributed by atoms with van der Waals surface area (Å²) in [6, 6.07) is 9.44. The van der Waals surface area contributed by atoms with Gasteiger partial charge in [0.25, 0.3) is 0 Å². The van der Waals surface area contributed by atoms with Gasteiger partial charge in [-0.2, -0.15) is 5.26 Å². The second-order valence-electron chi connectivity index (χ2n) is 4.01. The molecule has 1 rings (SSSR count). The third kappa shape index (κ3) is 2.71. The molecule has 0 saturated carbocycles. The topological polar surface area (TPSA) is 52.9 Å². The first-order valence-corrected chi connectivity index (χ1v) is 4.95. The van der Waals surface area contributed by atoms with Crippen LogP contribution in [0.1, 0.15) is 19.4 Å². The molecule has 0 aromatic heterocycles. The maximum Gasteiger partial charge on any atom is 0.247 e. The van der Waals surface area contributed by atoms with Crippen LogP contribution in [0.5, 0.6) is 0 Å². The highest BCUT2D eigenvalue weighted by molar-refractivity contribution is 5.98. The molecule has 1 aromatic rings. The summed E-state index contributed by atoms with van der Waals surface area (Å²) in [6.07, 6.45) is 1.22. The van der Waals surface area contributed by atoms with Gasteiger partial charge in [0.05, 0.1) is 11.5 Å². The molecule has 0 spiro atoms. The number of benzene rings is 1. The molecule has 1 aromatic carbocycles. The fourth-order valence-corrected chi connectivity index (χ4v) is 1.23. The molecular weight excluding hydrogens is 200 g/mol. The van der Waals surface area contributed by atoms with E-state index in [9.17, 15) is 4.79 Å². The van der Waals surface area contributed by atoms with E-state index in [0.717, 1.165) is 5.56 Å². The molecule has 0 aliphatic heterocycles. The summed E-state index contributed by atoms with van der Waals surface area (Å²) in [5, 5.41) is 11.6. The van der Waals surface area contributed by atoms with Crippen molar-refractivity contribution < 1.29 is 4.79 Å². The summed E-state index contributed by atoms with van der Waals surface area (Å²) in [7, 11) is 0. The van der Waals surface area contributed by atoms with E-state index in [2.05, 4.69) is 18.0 Å². The normalized spacial score (nSPS) is 10.3. The van der Waals surface area contributed by atoms with Gasteiger partial charge in [0.15, 0.2) is 0 Å². The molecule has 0 bridgehead atoms. The number of carbonyl (C=O) groups is 1. The Hall–Kier alpha value is -2.08. The van der Waals surface area contributed by atoms with Crippen LogP contribution in [0.3, 0.4) is 0 Å². The highest BCUT2D eigenvalue weighted by Crippen LogP contribution is 2.23. The van der Waals surface area contributed by atoms with Crippen molar-refractivity contribution in [3.63, 3.8) is 0 Å². The largest absolute Gasteiger partial charge is 0.323 e. The molecule has 1 N–H and O–H groups in total. The van der Waals surface area contributed by atoms with E-state index in [1.807, 2.05) is 26.0 Å². The number of hydrogen-bond donors (Lipinski definition) is 1. The van der Waals surface area contributed by atoms with Crippen LogP contribution in [0, 0.1) is 11.3 Å². The fourth-order valence-electron chi connectivity index (χ4n) is 1.23. The van der Waals surface area contributed by atoms with Gasteiger partial charge in [-0.15, -0.1) is 0 Å². The second kappa shape index (κ2) is 4.63. The predicted molar refractivity (Wildman–Crippen MR) is 63.9 cm³/mol. The summed E-state index contributed by atoms with van der Waals surface area (Å²) < 4.78 is 0. The Morgan fingerprint density at radius 1 is 1.44 bits per heavy atom. The molecule has 0 unspecified atom stereocenters. The van der Waals surface area contributed by atoms with Gasteiger partial charge >= 0.3 is 0 Å². The van der Waals surface area contributed by atoms with Gasteiger partial charge in [-0.1, -0.05) is 18.7 Å². The van der Waals surface area contributed by atoms with Crippen LogP contribution in [-0.4, -0.2) is 5.91 Å². The Labute approximate surface area is 95.4 Å². The average molecular weight is 214 g/mol. The standard InChI is InChI=1S/C13H14N2O/c1-4-12(16)15-11-7-5-10(6-8-11)13(2,3)9-14/h4-8H,1H2,2-3H3,(H,15,16). The molecule has 82 valence electrons. The van der Waals surface area contributed by atoms with Crippen LogP contribution in [0.2, 0.25) is 0 Å². The third-order valence-corrected chi connectivity index (χ3v) is 2.34. The van der Waals surface area contributed by atoms with Crippen LogP contribution < -0.4 is 5.32 Å². The Balaban J connectivity index is 2.88. The van der Waals surface area contributed by atoms with E-state index in [1.54, 1.807) is 12.1 Å². The molecule has 0 fully saturated rings. The van der Waals surface area contributed by atoms with Crippen LogP contribution in [0.25, 0.3) is 0 Å². The van der Waals surface area contributed by atoms with Crippen molar-refractivity contribution in [2.24, 2.45) is 0 Å². The lowest BCUT2D eigenvalue weighted by molar-refractivity contribution is -0.111. The maximum atomic E-state index is 11.0. The van der Waals surface area contributed by atoms with Crippen molar-refractivity contribution in [3.05, 3.63) is 42.5 Å². The molecule has 0 radical (unpaired) electrons. The minimum atomic E-state index is -0.513. The van der Waals surface area contributed by atoms with Gasteiger partial charge in [-0.05, 0) is 37.6 Å². The molecular formula is C13H14N2O. The first kappa shape index (κ1) is 12.0. The van der Waals surface area contributed by atoms with Crippen molar-refractivity contribution in [2.45, 2.75) is 19.3 Å². The van der Waals surface area contributed by atoms with Crippen molar-refractivity contribution in [1.82, 2.24) is 0 Å². The van der Waals surface area contributed by atoms with E-state index in [1.165, 1.54) is 6.08 Å². The summed E-state index contributed by atoms with van der Waals surface area (Å²) in [5.41, 5.74) is 1.11. The van der Waals surface area contributed by atoms with Crippen LogP contribution in [0.4, 0.5) is 5.69 Å². The van der Waals surface area contributed by atoms with E-state index < -0.39 is 5.41 Å². The Morgan fingerprint density at radius 2 is 2.00 bits per heavy atom. The van der Waals surface area contributed by atoms with Crippen LogP contribution in [-0.2, 0) is 10.2 Å². The number of rotatable bonds is 3. The second-order valence-corrected chi connectivity index (χ2v) is 4.01. The smallest absolute Gasteiger partial charge is 0.247 e. The number of nitriles is 1. The van der Waals surface area contributed by atoms with Crippen LogP contribution >= 0.6 is 0 Å². The predicted octanol–water partition coefficient (Wildman–Crippen LogP) is 2.61. The van der Waals surface area contributed by atoms with E-state index in [4.69, 9.17) is 5.26 Å². The summed E-state index contributed by atoms with van der Waals surface area (Å²) in [6.45, 7) is 7.07. The van der Waals surface area contributed by atoms with E-state index in [-0.39, 0.29) is 5.91 Å². The zero-order valence-corrected chi connectivity index (χ0v) is 9.45. The van der Waals surface area contributed by atoms with Crippen molar-refractivity contribution in [2.75, 3.05) is 5.32 Å². The van der Waals surface area contributed by atoms with Crippen molar-refractivity contribution >= 4 is 11.6 Å². The minimum absolute atomic E-state index is 0.243. The maximum absolute atomic E-state index is 11.0. The highest BCUT2D eigenvalue weighted by atomic mass is 16.1. The fraction of sp³-hybridized carbons (Fsp3) is 0.231. The summed E-state index contributed by atoms with van der Waals surface area (Å²) in [4.78, 5) is 11.0. The molecule has 0 saturated heterocycles. The Bertz CT molecular complexity index is 438. The number of nitrogens with zero attached hydrogens (tertiary/aromatic N) is 1. The third-order valence-electron chi connectivity index (χ3n) is 2.34. The molecule has 3 nitrogen and oxygen atoms in total. The Kier molecular flexibility index (Phi) is 3.47. The lowest BCUT2D eigenvalue weighted by Crippen LogP contribution is -2.14. The molecule has 3 heteroatoms. The monoisotopic (exact) mass is 214 g/mol. The van der Waals surface area contributed by atoms with Gasteiger partial charge in [-0.3, -0.25) is 4.79 Å². The molecule has 0 aliphatic rings. The zero-order chi connectivity index (χ0) is 12.2. The van der Waals surface area contributed by atoms with Gasteiger partial charge in [0.2, 0.25) is 5.91 Å². The SMILES string of the molecule is C=CC(=O)Nc1ccc(C(C)(C)C#N)cc1. The lowest BCUT2D eigenvalue weighted by Gasteiger charge is -2.15. The van der Waals surface area contributed by atoms with Gasteiger partial charge in [-0.25, -0.2) is 0 Å². The number of carbonyl (C=O) groups excluding carboxylic acids is 1. The molecule has 0 atom stereocenters. The van der Waals surface area contributed by atoms with E-state index in [0.29, 0.717) is 5.69 Å². The minimum Gasteiger partial charge on any atom is -0.323 e.